The normalized spacial score (nSPS) is 19.4. The highest BCUT2D eigenvalue weighted by atomic mass is 32.3. The summed E-state index contributed by atoms with van der Waals surface area (Å²) in [5, 5.41) is 0. The zero-order chi connectivity index (χ0) is 26.5. The molecule has 0 spiro atoms. The van der Waals surface area contributed by atoms with E-state index < -0.39 is 10.4 Å². The topological polar surface area (TPSA) is 110 Å². The summed E-state index contributed by atoms with van der Waals surface area (Å²) in [7, 11) is 5.65. The van der Waals surface area contributed by atoms with E-state index >= 15 is 0 Å². The molecule has 0 bridgehead atoms. The van der Waals surface area contributed by atoms with Crippen LogP contribution in [0.15, 0.2) is 24.3 Å². The zero-order valence-corrected chi connectivity index (χ0v) is 22.5. The van der Waals surface area contributed by atoms with Crippen molar-refractivity contribution in [3.63, 3.8) is 0 Å². The molecule has 3 rings (SSSR count). The molecule has 200 valence electrons. The van der Waals surface area contributed by atoms with Gasteiger partial charge in [-0.1, -0.05) is 0 Å². The summed E-state index contributed by atoms with van der Waals surface area (Å²) in [6.07, 6.45) is 1.91. The quantitative estimate of drug-likeness (QED) is 0.193. The molecule has 0 saturated heterocycles. The summed E-state index contributed by atoms with van der Waals surface area (Å²) >= 11 is 0. The van der Waals surface area contributed by atoms with Gasteiger partial charge in [-0.15, -0.1) is 0 Å². The highest BCUT2D eigenvalue weighted by Gasteiger charge is 2.40. The van der Waals surface area contributed by atoms with Crippen molar-refractivity contribution in [1.29, 1.82) is 0 Å². The summed E-state index contributed by atoms with van der Waals surface area (Å²) in [4.78, 5) is 0. The lowest BCUT2D eigenvalue weighted by molar-refractivity contribution is -0.941. The van der Waals surface area contributed by atoms with Crippen LogP contribution in [-0.2, 0) is 27.4 Å². The van der Waals surface area contributed by atoms with Crippen molar-refractivity contribution in [2.24, 2.45) is 0 Å². The van der Waals surface area contributed by atoms with Crippen molar-refractivity contribution in [2.45, 2.75) is 25.3 Å². The van der Waals surface area contributed by atoms with Crippen LogP contribution < -0.4 is 23.7 Å². The Labute approximate surface area is 213 Å². The largest absolute Gasteiger partial charge is 0.493 e. The number of methoxy groups -OCH3 is 5. The third-order valence-corrected chi connectivity index (χ3v) is 7.31. The highest BCUT2D eigenvalue weighted by Crippen LogP contribution is 2.44. The number of benzene rings is 2. The van der Waals surface area contributed by atoms with Gasteiger partial charge in [-0.05, 0) is 35.4 Å². The standard InChI is InChI=1S/C25H35NO9S/c1-26(9-7-11-35-36(27,28)29)10-8-18-15-21(30-2)22(31-3)16-19(18)20(26)12-17-13-23(32-4)25(34-6)24(14-17)33-5/h13-16,20H,7-12H2,1-6H3/p+1/t20-,26?/m0/s1/i1+1. The fraction of sp³-hybridized carbons (Fsp3) is 0.520. The molecule has 10 nitrogen and oxygen atoms in total. The van der Waals surface area contributed by atoms with Gasteiger partial charge < -0.3 is 28.2 Å². The molecule has 0 aliphatic carbocycles. The second-order valence-electron chi connectivity index (χ2n) is 8.94. The van der Waals surface area contributed by atoms with E-state index in [0.29, 0.717) is 52.6 Å². The SMILES string of the molecule is COc1cc2c(cc1OC)[C@H](Cc1cc(OC)c(OC)c(OC)c1)[N+]([13CH3])(CCCOS(=O)(=O)O)CC2. The number of ether oxygens (including phenoxy) is 5. The van der Waals surface area contributed by atoms with Gasteiger partial charge >= 0.3 is 10.4 Å². The minimum Gasteiger partial charge on any atom is -0.493 e. The Morgan fingerprint density at radius 3 is 2.00 bits per heavy atom. The van der Waals surface area contributed by atoms with Crippen LogP contribution in [0.2, 0.25) is 0 Å². The number of fused-ring (bicyclic) bond motifs is 1. The summed E-state index contributed by atoms with van der Waals surface area (Å²) in [5.74, 6) is 3.01. The molecule has 2 aromatic rings. The Kier molecular flexibility index (Phi) is 8.93. The first-order valence-corrected chi connectivity index (χ1v) is 12.9. The van der Waals surface area contributed by atoms with Crippen LogP contribution in [0.1, 0.15) is 29.2 Å². The number of rotatable bonds is 12. The first-order chi connectivity index (χ1) is 17.1. The van der Waals surface area contributed by atoms with Crippen molar-refractivity contribution in [2.75, 3.05) is 62.3 Å². The van der Waals surface area contributed by atoms with Gasteiger partial charge in [0.15, 0.2) is 23.0 Å². The van der Waals surface area contributed by atoms with Gasteiger partial charge in [0, 0.05) is 24.8 Å². The smallest absolute Gasteiger partial charge is 0.397 e. The van der Waals surface area contributed by atoms with Crippen molar-refractivity contribution < 1.29 is 45.3 Å². The number of quaternary nitrogens is 1. The fourth-order valence-corrected chi connectivity index (χ4v) is 5.32. The van der Waals surface area contributed by atoms with E-state index in [1.807, 2.05) is 24.3 Å². The average molecular weight is 528 g/mol. The van der Waals surface area contributed by atoms with Crippen LogP contribution in [0, 0.1) is 0 Å². The monoisotopic (exact) mass is 527 g/mol. The van der Waals surface area contributed by atoms with Gasteiger partial charge in [-0.3, -0.25) is 4.55 Å². The maximum absolute atomic E-state index is 11.0. The molecule has 2 atom stereocenters. The van der Waals surface area contributed by atoms with Gasteiger partial charge in [0.25, 0.3) is 0 Å². The van der Waals surface area contributed by atoms with Crippen LogP contribution >= 0.6 is 0 Å². The summed E-state index contributed by atoms with van der Waals surface area (Å²) in [6.45, 7) is 1.37. The Morgan fingerprint density at radius 1 is 0.889 bits per heavy atom. The molecule has 1 unspecified atom stereocenters. The van der Waals surface area contributed by atoms with Crippen molar-refractivity contribution >= 4 is 10.4 Å². The molecule has 1 aliphatic heterocycles. The lowest BCUT2D eigenvalue weighted by Gasteiger charge is -2.46. The third-order valence-electron chi connectivity index (χ3n) is 6.85. The Balaban J connectivity index is 2.04. The first-order valence-electron chi connectivity index (χ1n) is 11.6. The van der Waals surface area contributed by atoms with E-state index in [1.54, 1.807) is 35.5 Å². The fourth-order valence-electron chi connectivity index (χ4n) is 5.00. The maximum atomic E-state index is 11.0. The average Bonchev–Trinajstić information content (AvgIpc) is 2.86. The third kappa shape index (κ3) is 6.15. The second-order valence-corrected chi connectivity index (χ2v) is 10.0. The van der Waals surface area contributed by atoms with Gasteiger partial charge in [0.2, 0.25) is 5.75 Å². The number of hydrogen-bond donors (Lipinski definition) is 1. The van der Waals surface area contributed by atoms with E-state index in [2.05, 4.69) is 11.2 Å². The Morgan fingerprint density at radius 2 is 1.47 bits per heavy atom. The Bertz CT molecular complexity index is 1140. The second kappa shape index (κ2) is 11.5. The van der Waals surface area contributed by atoms with Gasteiger partial charge in [0.1, 0.15) is 6.04 Å². The minimum atomic E-state index is -4.47. The van der Waals surface area contributed by atoms with Gasteiger partial charge in [0.05, 0.1) is 62.3 Å². The van der Waals surface area contributed by atoms with Crippen molar-refractivity contribution in [3.05, 3.63) is 41.0 Å². The van der Waals surface area contributed by atoms with Crippen LogP contribution in [0.5, 0.6) is 28.7 Å². The molecule has 1 N–H and O–H groups in total. The van der Waals surface area contributed by atoms with E-state index in [-0.39, 0.29) is 12.6 Å². The summed E-state index contributed by atoms with van der Waals surface area (Å²) in [5.41, 5.74) is 3.30. The Hall–Kier alpha value is -2.73. The molecule has 0 saturated carbocycles. The van der Waals surface area contributed by atoms with Gasteiger partial charge in [-0.25, -0.2) is 4.18 Å². The molecular weight excluding hydrogens is 491 g/mol. The lowest BCUT2D eigenvalue weighted by atomic mass is 9.86. The summed E-state index contributed by atoms with van der Waals surface area (Å²) in [6, 6.07) is 7.95. The van der Waals surface area contributed by atoms with Crippen LogP contribution in [0.3, 0.4) is 0 Å². The summed E-state index contributed by atoms with van der Waals surface area (Å²) < 4.78 is 63.9. The van der Waals surface area contributed by atoms with Crippen molar-refractivity contribution in [3.8, 4) is 28.7 Å². The molecular formula is C25H36NO9S+. The lowest BCUT2D eigenvalue weighted by Crippen LogP contribution is -2.52. The van der Waals surface area contributed by atoms with E-state index in [1.165, 1.54) is 5.56 Å². The number of hydrogen-bond acceptors (Lipinski definition) is 8. The first kappa shape index (κ1) is 27.9. The minimum absolute atomic E-state index is 0.00194. The molecule has 11 heteroatoms. The zero-order valence-electron chi connectivity index (χ0n) is 21.7. The molecule has 0 amide bonds. The van der Waals surface area contributed by atoms with Crippen LogP contribution in [0.25, 0.3) is 0 Å². The molecule has 0 aromatic heterocycles. The van der Waals surface area contributed by atoms with Gasteiger partial charge in [-0.2, -0.15) is 8.42 Å². The highest BCUT2D eigenvalue weighted by molar-refractivity contribution is 7.80. The molecule has 36 heavy (non-hydrogen) atoms. The van der Waals surface area contributed by atoms with E-state index in [4.69, 9.17) is 28.2 Å². The van der Waals surface area contributed by atoms with E-state index in [9.17, 15) is 8.42 Å². The molecule has 1 heterocycles. The van der Waals surface area contributed by atoms with Crippen molar-refractivity contribution in [1.82, 2.24) is 0 Å². The number of nitrogens with zero attached hydrogens (tertiary/aromatic N) is 1. The van der Waals surface area contributed by atoms with E-state index in [0.717, 1.165) is 24.1 Å². The predicted molar refractivity (Wildman–Crippen MR) is 134 cm³/mol. The number of likely N-dealkylation sites (N-methyl/N-ethyl adjacent to an activating group) is 1. The van der Waals surface area contributed by atoms with Crippen LogP contribution in [0.4, 0.5) is 0 Å². The maximum Gasteiger partial charge on any atom is 0.397 e. The predicted octanol–water partition coefficient (Wildman–Crippen LogP) is 3.23. The molecule has 0 fully saturated rings. The molecule has 0 radical (unpaired) electrons. The van der Waals surface area contributed by atoms with Crippen LogP contribution in [-0.4, -0.2) is 79.7 Å². The molecule has 1 aliphatic rings. The molecule has 2 aromatic carbocycles.